The highest BCUT2D eigenvalue weighted by molar-refractivity contribution is 6.03. The smallest absolute Gasteiger partial charge is 0.0558 e. The largest absolute Gasteiger partial charge is 0.395 e. The Morgan fingerprint density at radius 2 is 1.58 bits per heavy atom. The van der Waals surface area contributed by atoms with Crippen molar-refractivity contribution >= 4 is 21.5 Å². The lowest BCUT2D eigenvalue weighted by Gasteiger charge is -2.23. The molecule has 4 nitrogen and oxygen atoms in total. The SMILES string of the molecule is NCc1cccc2cc3ccccc3c(CN(CCO)CCO)c12. The molecule has 0 unspecified atom stereocenters. The van der Waals surface area contributed by atoms with Crippen LogP contribution in [-0.4, -0.2) is 41.4 Å². The maximum Gasteiger partial charge on any atom is 0.0558 e. The maximum atomic E-state index is 9.33. The molecule has 3 aromatic carbocycles. The van der Waals surface area contributed by atoms with Gasteiger partial charge < -0.3 is 15.9 Å². The van der Waals surface area contributed by atoms with E-state index in [0.717, 1.165) is 5.56 Å². The van der Waals surface area contributed by atoms with Gasteiger partial charge in [0.1, 0.15) is 0 Å². The summed E-state index contributed by atoms with van der Waals surface area (Å²) in [5.74, 6) is 0. The molecule has 4 N–H and O–H groups in total. The maximum absolute atomic E-state index is 9.33. The molecule has 0 aromatic heterocycles. The van der Waals surface area contributed by atoms with Gasteiger partial charge in [-0.25, -0.2) is 0 Å². The quantitative estimate of drug-likeness (QED) is 0.583. The van der Waals surface area contributed by atoms with Crippen molar-refractivity contribution in [3.63, 3.8) is 0 Å². The van der Waals surface area contributed by atoms with Crippen LogP contribution in [0, 0.1) is 0 Å². The van der Waals surface area contributed by atoms with E-state index in [1.54, 1.807) is 0 Å². The molecule has 126 valence electrons. The van der Waals surface area contributed by atoms with E-state index in [1.807, 2.05) is 18.2 Å². The van der Waals surface area contributed by atoms with Crippen LogP contribution in [0.5, 0.6) is 0 Å². The second-order valence-electron chi connectivity index (χ2n) is 6.02. The van der Waals surface area contributed by atoms with Crippen LogP contribution in [0.25, 0.3) is 21.5 Å². The molecule has 0 fully saturated rings. The summed E-state index contributed by atoms with van der Waals surface area (Å²) in [6, 6.07) is 16.8. The zero-order chi connectivity index (χ0) is 16.9. The predicted molar refractivity (Wildman–Crippen MR) is 98.8 cm³/mol. The van der Waals surface area contributed by atoms with Gasteiger partial charge in [0.25, 0.3) is 0 Å². The summed E-state index contributed by atoms with van der Waals surface area (Å²) in [4.78, 5) is 2.08. The normalized spacial score (nSPS) is 11.7. The first-order valence-corrected chi connectivity index (χ1v) is 8.35. The van der Waals surface area contributed by atoms with Crippen molar-refractivity contribution in [2.24, 2.45) is 5.73 Å². The summed E-state index contributed by atoms with van der Waals surface area (Å²) in [6.07, 6.45) is 0. The van der Waals surface area contributed by atoms with E-state index >= 15 is 0 Å². The number of benzene rings is 3. The van der Waals surface area contributed by atoms with E-state index in [4.69, 9.17) is 5.73 Å². The van der Waals surface area contributed by atoms with Crippen LogP contribution in [0.15, 0.2) is 48.5 Å². The number of aliphatic hydroxyl groups is 2. The lowest BCUT2D eigenvalue weighted by Crippen LogP contribution is -2.29. The second kappa shape index (κ2) is 7.73. The summed E-state index contributed by atoms with van der Waals surface area (Å²) >= 11 is 0. The first-order valence-electron chi connectivity index (χ1n) is 8.35. The zero-order valence-electron chi connectivity index (χ0n) is 13.8. The Bertz CT molecular complexity index is 826. The summed E-state index contributed by atoms with van der Waals surface area (Å²) in [6.45, 7) is 2.39. The highest BCUT2D eigenvalue weighted by Crippen LogP contribution is 2.31. The van der Waals surface area contributed by atoms with E-state index in [9.17, 15) is 10.2 Å². The Kier molecular flexibility index (Phi) is 5.43. The van der Waals surface area contributed by atoms with Crippen molar-refractivity contribution in [3.8, 4) is 0 Å². The summed E-state index contributed by atoms with van der Waals surface area (Å²) < 4.78 is 0. The Hall–Kier alpha value is -1.98. The fourth-order valence-electron chi connectivity index (χ4n) is 3.42. The van der Waals surface area contributed by atoms with Gasteiger partial charge in [-0.3, -0.25) is 4.90 Å². The molecule has 0 saturated carbocycles. The molecular formula is C20H24N2O2. The van der Waals surface area contributed by atoms with E-state index in [2.05, 4.69) is 35.2 Å². The molecule has 3 aromatic rings. The average molecular weight is 324 g/mol. The molecule has 4 heteroatoms. The molecule has 0 radical (unpaired) electrons. The minimum Gasteiger partial charge on any atom is -0.395 e. The van der Waals surface area contributed by atoms with Crippen molar-refractivity contribution in [1.29, 1.82) is 0 Å². The highest BCUT2D eigenvalue weighted by atomic mass is 16.3. The van der Waals surface area contributed by atoms with E-state index in [1.165, 1.54) is 27.1 Å². The Balaban J connectivity index is 2.23. The third-order valence-corrected chi connectivity index (χ3v) is 4.52. The van der Waals surface area contributed by atoms with Gasteiger partial charge in [-0.15, -0.1) is 0 Å². The van der Waals surface area contributed by atoms with Gasteiger partial charge in [-0.2, -0.15) is 0 Å². The Morgan fingerprint density at radius 1 is 0.875 bits per heavy atom. The molecule has 0 spiro atoms. The van der Waals surface area contributed by atoms with Crippen molar-refractivity contribution in [1.82, 2.24) is 4.90 Å². The molecule has 0 bridgehead atoms. The van der Waals surface area contributed by atoms with Gasteiger partial charge in [0.2, 0.25) is 0 Å². The number of nitrogens with zero attached hydrogens (tertiary/aromatic N) is 1. The van der Waals surface area contributed by atoms with Crippen LogP contribution in [-0.2, 0) is 13.1 Å². The monoisotopic (exact) mass is 324 g/mol. The van der Waals surface area contributed by atoms with Crippen LogP contribution >= 0.6 is 0 Å². The van der Waals surface area contributed by atoms with E-state index < -0.39 is 0 Å². The molecule has 24 heavy (non-hydrogen) atoms. The fourth-order valence-corrected chi connectivity index (χ4v) is 3.42. The number of hydrogen-bond acceptors (Lipinski definition) is 4. The number of aliphatic hydroxyl groups excluding tert-OH is 2. The van der Waals surface area contributed by atoms with Crippen LogP contribution < -0.4 is 5.73 Å². The second-order valence-corrected chi connectivity index (χ2v) is 6.02. The van der Waals surface area contributed by atoms with Crippen molar-refractivity contribution in [3.05, 3.63) is 59.7 Å². The zero-order valence-corrected chi connectivity index (χ0v) is 13.8. The van der Waals surface area contributed by atoms with Crippen LogP contribution in [0.1, 0.15) is 11.1 Å². The minimum atomic E-state index is 0.0758. The third kappa shape index (κ3) is 3.28. The van der Waals surface area contributed by atoms with Crippen molar-refractivity contribution in [2.75, 3.05) is 26.3 Å². The van der Waals surface area contributed by atoms with Gasteiger partial charge in [0.05, 0.1) is 13.2 Å². The highest BCUT2D eigenvalue weighted by Gasteiger charge is 2.14. The number of rotatable bonds is 7. The number of nitrogens with two attached hydrogens (primary N) is 1. The molecule has 0 amide bonds. The average Bonchev–Trinajstić information content (AvgIpc) is 2.61. The lowest BCUT2D eigenvalue weighted by atomic mass is 9.93. The van der Waals surface area contributed by atoms with Crippen molar-refractivity contribution in [2.45, 2.75) is 13.1 Å². The fraction of sp³-hybridized carbons (Fsp3) is 0.300. The Morgan fingerprint density at radius 3 is 2.29 bits per heavy atom. The topological polar surface area (TPSA) is 69.7 Å². The molecule has 0 aliphatic heterocycles. The minimum absolute atomic E-state index is 0.0758. The summed E-state index contributed by atoms with van der Waals surface area (Å²) in [5, 5.41) is 23.4. The summed E-state index contributed by atoms with van der Waals surface area (Å²) in [7, 11) is 0. The van der Waals surface area contributed by atoms with Gasteiger partial charge in [-0.1, -0.05) is 42.5 Å². The number of hydrogen-bond donors (Lipinski definition) is 3. The molecule has 0 aliphatic rings. The van der Waals surface area contributed by atoms with E-state index in [-0.39, 0.29) is 13.2 Å². The lowest BCUT2D eigenvalue weighted by molar-refractivity contribution is 0.156. The molecule has 0 saturated heterocycles. The standard InChI is InChI=1S/C20H24N2O2/c21-13-17-6-3-5-16-12-15-4-1-2-7-18(15)19(20(16)17)14-22(8-10-23)9-11-24/h1-7,12,23-24H,8-11,13-14,21H2. The molecule has 3 rings (SSSR count). The third-order valence-electron chi connectivity index (χ3n) is 4.52. The summed E-state index contributed by atoms with van der Waals surface area (Å²) in [5.41, 5.74) is 8.32. The predicted octanol–water partition coefficient (Wildman–Crippen LogP) is 2.24. The van der Waals surface area contributed by atoms with Crippen LogP contribution in [0.3, 0.4) is 0 Å². The first-order chi connectivity index (χ1) is 11.8. The Labute approximate surface area is 142 Å². The van der Waals surface area contributed by atoms with Crippen LogP contribution in [0.4, 0.5) is 0 Å². The molecule has 0 atom stereocenters. The van der Waals surface area contributed by atoms with Gasteiger partial charge in [-0.05, 0) is 38.7 Å². The first kappa shape index (κ1) is 16.9. The van der Waals surface area contributed by atoms with Gasteiger partial charge in [0, 0.05) is 26.2 Å². The van der Waals surface area contributed by atoms with Crippen molar-refractivity contribution < 1.29 is 10.2 Å². The molecule has 0 heterocycles. The number of fused-ring (bicyclic) bond motifs is 2. The van der Waals surface area contributed by atoms with Gasteiger partial charge in [0.15, 0.2) is 0 Å². The van der Waals surface area contributed by atoms with E-state index in [0.29, 0.717) is 26.2 Å². The molecule has 0 aliphatic carbocycles. The van der Waals surface area contributed by atoms with Crippen LogP contribution in [0.2, 0.25) is 0 Å². The van der Waals surface area contributed by atoms with Gasteiger partial charge >= 0.3 is 0 Å². The molecular weight excluding hydrogens is 300 g/mol.